The van der Waals surface area contributed by atoms with Gasteiger partial charge in [-0.25, -0.2) is 0 Å². The molecule has 1 aliphatic carbocycles. The quantitative estimate of drug-likeness (QED) is 0.261. The highest BCUT2D eigenvalue weighted by atomic mass is 15.1. The third kappa shape index (κ3) is 3.25. The minimum Gasteiger partial charge on any atom is -0.310 e. The molecule has 1 aliphatic rings. The Morgan fingerprint density at radius 2 is 0.943 bits per heavy atom. The molecule has 0 fully saturated rings. The molecule has 6 aromatic carbocycles. The van der Waals surface area contributed by atoms with Crippen molar-refractivity contribution in [2.24, 2.45) is 0 Å². The summed E-state index contributed by atoms with van der Waals surface area (Å²) in [7, 11) is 0. The van der Waals surface area contributed by atoms with Crippen molar-refractivity contribution in [1.29, 1.82) is 0 Å². The zero-order valence-corrected chi connectivity index (χ0v) is 19.2. The lowest BCUT2D eigenvalue weighted by molar-refractivity contribution is 1.21. The van der Waals surface area contributed by atoms with Gasteiger partial charge < -0.3 is 4.90 Å². The Kier molecular flexibility index (Phi) is 4.53. The molecule has 1 nitrogen and oxygen atoms in total. The minimum atomic E-state index is 1.15. The summed E-state index contributed by atoms with van der Waals surface area (Å²) in [6.45, 7) is 0. The van der Waals surface area contributed by atoms with Crippen LogP contribution >= 0.6 is 0 Å². The van der Waals surface area contributed by atoms with Crippen molar-refractivity contribution in [3.8, 4) is 11.1 Å². The molecule has 35 heavy (non-hydrogen) atoms. The maximum atomic E-state index is 2.38. The van der Waals surface area contributed by atoms with Gasteiger partial charge in [0.15, 0.2) is 0 Å². The first kappa shape index (κ1) is 19.8. The molecule has 0 amide bonds. The van der Waals surface area contributed by atoms with E-state index in [4.69, 9.17) is 0 Å². The SMILES string of the molecule is c1ccc(-c2ccc(N(c3ccccc3)c3cccc4c3=c3cc5ccccc5cc3=4)cc2)cc1. The number of hydrogen-bond acceptors (Lipinski definition) is 1. The van der Waals surface area contributed by atoms with Gasteiger partial charge in [0.05, 0.1) is 5.69 Å². The topological polar surface area (TPSA) is 3.24 Å². The van der Waals surface area contributed by atoms with Gasteiger partial charge in [0.1, 0.15) is 0 Å². The summed E-state index contributed by atoms with van der Waals surface area (Å²) in [5.41, 5.74) is 5.97. The van der Waals surface area contributed by atoms with Crippen LogP contribution in [-0.2, 0) is 0 Å². The lowest BCUT2D eigenvalue weighted by atomic mass is 9.95. The Bertz CT molecular complexity index is 1870. The molecule has 0 spiro atoms. The number of fused-ring (bicyclic) bond motifs is 3. The second-order valence-electron chi connectivity index (χ2n) is 9.03. The van der Waals surface area contributed by atoms with Crippen LogP contribution in [0.3, 0.4) is 0 Å². The molecule has 0 radical (unpaired) electrons. The molecular formula is C34H23N. The van der Waals surface area contributed by atoms with Crippen LogP contribution in [0.2, 0.25) is 0 Å². The molecule has 0 unspecified atom stereocenters. The van der Waals surface area contributed by atoms with Gasteiger partial charge in [-0.3, -0.25) is 0 Å². The number of anilines is 3. The van der Waals surface area contributed by atoms with Crippen LogP contribution in [0, 0.1) is 20.9 Å². The molecule has 1 heteroatoms. The molecule has 0 saturated heterocycles. The van der Waals surface area contributed by atoms with Crippen molar-refractivity contribution < 1.29 is 0 Å². The van der Waals surface area contributed by atoms with Gasteiger partial charge in [-0.2, -0.15) is 0 Å². The van der Waals surface area contributed by atoms with Crippen LogP contribution in [0.15, 0.2) is 140 Å². The van der Waals surface area contributed by atoms with Crippen LogP contribution in [0.5, 0.6) is 0 Å². The number of rotatable bonds is 4. The van der Waals surface area contributed by atoms with Crippen LogP contribution < -0.4 is 4.90 Å². The van der Waals surface area contributed by atoms with E-state index in [-0.39, 0.29) is 0 Å². The normalized spacial score (nSPS) is 11.4. The summed E-state index contributed by atoms with van der Waals surface area (Å²) in [6, 6.07) is 50.1. The molecule has 0 aromatic heterocycles. The fraction of sp³-hybridized carbons (Fsp3) is 0. The van der Waals surface area contributed by atoms with E-state index in [1.165, 1.54) is 48.5 Å². The highest BCUT2D eigenvalue weighted by molar-refractivity contribution is 5.84. The van der Waals surface area contributed by atoms with E-state index in [1.807, 2.05) is 0 Å². The highest BCUT2D eigenvalue weighted by Gasteiger charge is 2.17. The molecule has 0 heterocycles. The standard InChI is InChI=1S/C34H23N/c1-3-10-24(11-4-1)25-18-20-29(21-19-25)35(28-14-5-2-6-15-28)33-17-9-16-30-31-22-26-12-7-8-13-27(26)23-32(31)34(30)33/h1-23H. The first-order valence-electron chi connectivity index (χ1n) is 12.0. The average Bonchev–Trinajstić information content (AvgIpc) is 2.93. The van der Waals surface area contributed by atoms with E-state index < -0.39 is 0 Å². The van der Waals surface area contributed by atoms with Gasteiger partial charge in [-0.1, -0.05) is 97.1 Å². The Balaban J connectivity index is 1.45. The van der Waals surface area contributed by atoms with Gasteiger partial charge in [0.2, 0.25) is 0 Å². The van der Waals surface area contributed by atoms with E-state index in [0.717, 1.165) is 11.4 Å². The van der Waals surface area contributed by atoms with E-state index >= 15 is 0 Å². The largest absolute Gasteiger partial charge is 0.310 e. The van der Waals surface area contributed by atoms with Crippen LogP contribution in [0.25, 0.3) is 21.9 Å². The smallest absolute Gasteiger partial charge is 0.0546 e. The van der Waals surface area contributed by atoms with Crippen molar-refractivity contribution >= 4 is 27.8 Å². The number of para-hydroxylation sites is 1. The van der Waals surface area contributed by atoms with Gasteiger partial charge >= 0.3 is 0 Å². The summed E-state index contributed by atoms with van der Waals surface area (Å²) < 4.78 is 0. The Hall–Kier alpha value is -4.62. The summed E-state index contributed by atoms with van der Waals surface area (Å²) in [6.07, 6.45) is 0. The Morgan fingerprint density at radius 1 is 0.371 bits per heavy atom. The van der Waals surface area contributed by atoms with Crippen LogP contribution in [-0.4, -0.2) is 0 Å². The van der Waals surface area contributed by atoms with Crippen molar-refractivity contribution in [2.45, 2.75) is 0 Å². The van der Waals surface area contributed by atoms with Gasteiger partial charge in [-0.15, -0.1) is 0 Å². The molecule has 7 rings (SSSR count). The van der Waals surface area contributed by atoms with Crippen LogP contribution in [0.4, 0.5) is 17.1 Å². The van der Waals surface area contributed by atoms with Crippen LogP contribution in [0.1, 0.15) is 0 Å². The van der Waals surface area contributed by atoms with Crippen molar-refractivity contribution in [3.63, 3.8) is 0 Å². The molecule has 6 aromatic rings. The lowest BCUT2D eigenvalue weighted by Crippen LogP contribution is -2.12. The molecule has 0 aliphatic heterocycles. The zero-order chi connectivity index (χ0) is 23.2. The van der Waals surface area contributed by atoms with Gasteiger partial charge in [0.25, 0.3) is 0 Å². The van der Waals surface area contributed by atoms with Crippen molar-refractivity contribution in [2.75, 3.05) is 4.90 Å². The van der Waals surface area contributed by atoms with E-state index in [9.17, 15) is 0 Å². The molecule has 164 valence electrons. The highest BCUT2D eigenvalue weighted by Crippen LogP contribution is 2.38. The number of nitrogens with zero attached hydrogens (tertiary/aromatic N) is 1. The fourth-order valence-corrected chi connectivity index (χ4v) is 5.28. The number of hydrogen-bond donors (Lipinski definition) is 0. The first-order chi connectivity index (χ1) is 17.4. The fourth-order valence-electron chi connectivity index (χ4n) is 5.28. The van der Waals surface area contributed by atoms with Crippen molar-refractivity contribution in [1.82, 2.24) is 0 Å². The van der Waals surface area contributed by atoms with E-state index in [2.05, 4.69) is 144 Å². The second kappa shape index (κ2) is 8.00. The minimum absolute atomic E-state index is 1.15. The summed E-state index contributed by atoms with van der Waals surface area (Å²) in [4.78, 5) is 2.38. The van der Waals surface area contributed by atoms with Gasteiger partial charge in [-0.05, 0) is 80.0 Å². The molecule has 0 N–H and O–H groups in total. The predicted molar refractivity (Wildman–Crippen MR) is 146 cm³/mol. The van der Waals surface area contributed by atoms with Crippen molar-refractivity contribution in [3.05, 3.63) is 160 Å². The van der Waals surface area contributed by atoms with E-state index in [0.29, 0.717) is 0 Å². The second-order valence-corrected chi connectivity index (χ2v) is 9.03. The Labute approximate surface area is 204 Å². The average molecular weight is 446 g/mol. The zero-order valence-electron chi connectivity index (χ0n) is 19.2. The first-order valence-corrected chi connectivity index (χ1v) is 12.0. The maximum absolute atomic E-state index is 2.38. The maximum Gasteiger partial charge on any atom is 0.0546 e. The summed E-state index contributed by atoms with van der Waals surface area (Å²) in [5, 5.41) is 7.89. The molecular weight excluding hydrogens is 422 g/mol. The third-order valence-electron chi connectivity index (χ3n) is 6.98. The molecule has 0 bridgehead atoms. The lowest BCUT2D eigenvalue weighted by Gasteiger charge is -2.27. The summed E-state index contributed by atoms with van der Waals surface area (Å²) in [5.74, 6) is 0. The number of benzene rings is 6. The van der Waals surface area contributed by atoms with E-state index in [1.54, 1.807) is 0 Å². The summed E-state index contributed by atoms with van der Waals surface area (Å²) >= 11 is 0. The Morgan fingerprint density at radius 3 is 1.66 bits per heavy atom. The third-order valence-corrected chi connectivity index (χ3v) is 6.98. The predicted octanol–water partition coefficient (Wildman–Crippen LogP) is 8.86. The molecule has 0 atom stereocenters. The van der Waals surface area contributed by atoms with Gasteiger partial charge in [0, 0.05) is 16.6 Å². The molecule has 0 saturated carbocycles. The monoisotopic (exact) mass is 445 g/mol.